The molecule has 0 aliphatic heterocycles. The molecular weight excluding hydrogens is 212 g/mol. The van der Waals surface area contributed by atoms with Crippen molar-refractivity contribution in [2.24, 2.45) is 5.11 Å². The normalized spacial score (nSPS) is 8.60. The van der Waals surface area contributed by atoms with E-state index < -0.39 is 0 Å². The first-order valence-corrected chi connectivity index (χ1v) is 4.66. The number of hydrogen-bond donors (Lipinski definition) is 1. The zero-order valence-corrected chi connectivity index (χ0v) is 8.70. The molecule has 15 heavy (non-hydrogen) atoms. The number of nitrogens with two attached hydrogens (primary N) is 1. The minimum Gasteiger partial charge on any atom is -0.398 e. The molecule has 0 aromatic heterocycles. The molecule has 0 fully saturated rings. The third kappa shape index (κ3) is 3.82. The van der Waals surface area contributed by atoms with Crippen molar-refractivity contribution in [2.45, 2.75) is 6.42 Å². The van der Waals surface area contributed by atoms with Gasteiger partial charge in [-0.2, -0.15) is 0 Å². The molecule has 0 heterocycles. The predicted molar refractivity (Wildman–Crippen MR) is 61.4 cm³/mol. The van der Waals surface area contributed by atoms with E-state index in [0.29, 0.717) is 23.7 Å². The van der Waals surface area contributed by atoms with E-state index >= 15 is 0 Å². The summed E-state index contributed by atoms with van der Waals surface area (Å²) in [5, 5.41) is 3.96. The molecule has 0 bridgehead atoms. The van der Waals surface area contributed by atoms with Gasteiger partial charge in [-0.15, -0.1) is 0 Å². The van der Waals surface area contributed by atoms with Gasteiger partial charge in [-0.3, -0.25) is 0 Å². The second-order valence-electron chi connectivity index (χ2n) is 2.74. The van der Waals surface area contributed by atoms with Gasteiger partial charge < -0.3 is 5.73 Å². The summed E-state index contributed by atoms with van der Waals surface area (Å²) in [5.74, 6) is 5.74. The van der Waals surface area contributed by atoms with Crippen LogP contribution in [0.3, 0.4) is 0 Å². The Balaban J connectivity index is 2.67. The minimum absolute atomic E-state index is 0.372. The van der Waals surface area contributed by atoms with E-state index in [9.17, 15) is 0 Å². The highest BCUT2D eigenvalue weighted by atomic mass is 35.5. The van der Waals surface area contributed by atoms with Crippen molar-refractivity contribution in [3.63, 3.8) is 0 Å². The van der Waals surface area contributed by atoms with Crippen molar-refractivity contribution in [1.29, 1.82) is 0 Å². The summed E-state index contributed by atoms with van der Waals surface area (Å²) in [6, 6.07) is 5.15. The molecule has 4 nitrogen and oxygen atoms in total. The second kappa shape index (κ2) is 5.82. The first kappa shape index (κ1) is 11.3. The Morgan fingerprint density at radius 1 is 1.53 bits per heavy atom. The third-order valence-electron chi connectivity index (χ3n) is 1.64. The summed E-state index contributed by atoms with van der Waals surface area (Å²) in [6.45, 7) is 0.372. The Morgan fingerprint density at radius 3 is 3.00 bits per heavy atom. The fraction of sp³-hybridized carbons (Fsp3) is 0.200. The lowest BCUT2D eigenvalue weighted by Crippen LogP contribution is -1.89. The third-order valence-corrected chi connectivity index (χ3v) is 1.87. The van der Waals surface area contributed by atoms with E-state index in [0.717, 1.165) is 5.56 Å². The molecule has 0 radical (unpaired) electrons. The molecule has 0 saturated heterocycles. The molecule has 0 atom stereocenters. The molecule has 0 aliphatic rings. The molecule has 0 aliphatic carbocycles. The molecule has 1 rings (SSSR count). The molecule has 76 valence electrons. The van der Waals surface area contributed by atoms with Crippen LogP contribution >= 0.6 is 11.6 Å². The Bertz CT molecular complexity index is 452. The van der Waals surface area contributed by atoms with Crippen molar-refractivity contribution in [3.05, 3.63) is 39.2 Å². The van der Waals surface area contributed by atoms with E-state index in [1.807, 2.05) is 0 Å². The van der Waals surface area contributed by atoms with Gasteiger partial charge >= 0.3 is 0 Å². The summed E-state index contributed by atoms with van der Waals surface area (Å²) in [6.07, 6.45) is 0.520. The van der Waals surface area contributed by atoms with Gasteiger partial charge in [0.1, 0.15) is 0 Å². The zero-order valence-electron chi connectivity index (χ0n) is 7.94. The summed E-state index contributed by atoms with van der Waals surface area (Å²) in [7, 11) is 0. The number of benzene rings is 1. The largest absolute Gasteiger partial charge is 0.398 e. The standard InChI is InChI=1S/C10H9ClN4/c11-9-5-4-8(10(12)7-9)3-1-2-6-14-15-13/h4-5,7H,2,6,12H2. The van der Waals surface area contributed by atoms with Gasteiger partial charge in [0.2, 0.25) is 0 Å². The number of nitrogens with zero attached hydrogens (tertiary/aromatic N) is 3. The Hall–Kier alpha value is -1.82. The number of rotatable bonds is 2. The molecule has 5 heteroatoms. The van der Waals surface area contributed by atoms with Gasteiger partial charge in [0.05, 0.1) is 0 Å². The quantitative estimate of drug-likeness (QED) is 0.204. The van der Waals surface area contributed by atoms with Crippen molar-refractivity contribution in [1.82, 2.24) is 0 Å². The van der Waals surface area contributed by atoms with Gasteiger partial charge in [-0.25, -0.2) is 0 Å². The SMILES string of the molecule is [N-]=[N+]=NCCC#Cc1ccc(Cl)cc1N. The highest BCUT2D eigenvalue weighted by Crippen LogP contribution is 2.16. The predicted octanol–water partition coefficient (Wildman–Crippen LogP) is 2.97. The van der Waals surface area contributed by atoms with Crippen LogP contribution in [0, 0.1) is 11.8 Å². The average molecular weight is 221 g/mol. The molecule has 1 aromatic carbocycles. The van der Waals surface area contributed by atoms with Crippen LogP contribution < -0.4 is 5.73 Å². The van der Waals surface area contributed by atoms with Crippen LogP contribution in [0.4, 0.5) is 5.69 Å². The van der Waals surface area contributed by atoms with Crippen LogP contribution in [0.1, 0.15) is 12.0 Å². The summed E-state index contributed by atoms with van der Waals surface area (Å²) in [4.78, 5) is 2.62. The minimum atomic E-state index is 0.372. The summed E-state index contributed by atoms with van der Waals surface area (Å²) in [5.41, 5.74) is 15.0. The van der Waals surface area contributed by atoms with Gasteiger partial charge in [0.15, 0.2) is 0 Å². The van der Waals surface area contributed by atoms with Crippen molar-refractivity contribution < 1.29 is 0 Å². The zero-order chi connectivity index (χ0) is 11.1. The lowest BCUT2D eigenvalue weighted by molar-refractivity contribution is 1.01. The first-order valence-electron chi connectivity index (χ1n) is 4.29. The smallest absolute Gasteiger partial charge is 0.0488 e. The fourth-order valence-corrected chi connectivity index (χ4v) is 1.14. The van der Waals surface area contributed by atoms with E-state index in [2.05, 4.69) is 21.9 Å². The maximum absolute atomic E-state index is 8.03. The molecule has 1 aromatic rings. The number of halogens is 1. The maximum atomic E-state index is 8.03. The van der Waals surface area contributed by atoms with Crippen LogP contribution in [0.5, 0.6) is 0 Å². The highest BCUT2D eigenvalue weighted by molar-refractivity contribution is 6.30. The first-order chi connectivity index (χ1) is 7.24. The second-order valence-corrected chi connectivity index (χ2v) is 3.17. The van der Waals surface area contributed by atoms with Crippen LogP contribution in [-0.4, -0.2) is 6.54 Å². The Kier molecular flexibility index (Phi) is 4.36. The molecule has 0 spiro atoms. The topological polar surface area (TPSA) is 74.8 Å². The number of anilines is 1. The Labute approximate surface area is 92.7 Å². The number of azide groups is 1. The average Bonchev–Trinajstić information content (AvgIpc) is 2.20. The molecule has 2 N–H and O–H groups in total. The summed E-state index contributed by atoms with van der Waals surface area (Å²) < 4.78 is 0. The van der Waals surface area contributed by atoms with Gasteiger partial charge in [-0.05, 0) is 23.7 Å². The Morgan fingerprint density at radius 2 is 2.33 bits per heavy atom. The molecular formula is C10H9ClN4. The highest BCUT2D eigenvalue weighted by Gasteiger charge is 1.95. The molecule has 0 amide bonds. The van der Waals surface area contributed by atoms with Gasteiger partial charge in [0.25, 0.3) is 0 Å². The molecule has 0 saturated carbocycles. The summed E-state index contributed by atoms with van der Waals surface area (Å²) >= 11 is 5.74. The van der Waals surface area contributed by atoms with Crippen molar-refractivity contribution in [3.8, 4) is 11.8 Å². The van der Waals surface area contributed by atoms with Crippen molar-refractivity contribution in [2.75, 3.05) is 12.3 Å². The lowest BCUT2D eigenvalue weighted by Gasteiger charge is -1.97. The van der Waals surface area contributed by atoms with Gasteiger partial charge in [0, 0.05) is 34.2 Å². The van der Waals surface area contributed by atoms with Crippen molar-refractivity contribution >= 4 is 17.3 Å². The maximum Gasteiger partial charge on any atom is 0.0488 e. The van der Waals surface area contributed by atoms with Gasteiger partial charge in [-0.1, -0.05) is 28.6 Å². The van der Waals surface area contributed by atoms with E-state index in [1.165, 1.54) is 0 Å². The molecule has 0 unspecified atom stereocenters. The number of nitrogen functional groups attached to an aromatic ring is 1. The van der Waals surface area contributed by atoms with Crippen LogP contribution in [0.15, 0.2) is 23.3 Å². The van der Waals surface area contributed by atoms with E-state index in [-0.39, 0.29) is 0 Å². The van der Waals surface area contributed by atoms with E-state index in [4.69, 9.17) is 22.9 Å². The lowest BCUT2D eigenvalue weighted by atomic mass is 10.2. The van der Waals surface area contributed by atoms with Crippen LogP contribution in [-0.2, 0) is 0 Å². The fourth-order valence-electron chi connectivity index (χ4n) is 0.956. The number of hydrogen-bond acceptors (Lipinski definition) is 2. The van der Waals surface area contributed by atoms with Crippen LogP contribution in [0.2, 0.25) is 5.02 Å². The monoisotopic (exact) mass is 220 g/mol. The van der Waals surface area contributed by atoms with E-state index in [1.54, 1.807) is 18.2 Å². The van der Waals surface area contributed by atoms with Crippen LogP contribution in [0.25, 0.3) is 10.4 Å².